The zero-order chi connectivity index (χ0) is 16.2. The quantitative estimate of drug-likeness (QED) is 0.889. The fraction of sp³-hybridized carbons (Fsp3) is 0.562. The first-order chi connectivity index (χ1) is 11.2. The Hall–Kier alpha value is -1.99. The van der Waals surface area contributed by atoms with Gasteiger partial charge in [0.05, 0.1) is 7.11 Å². The average molecular weight is 317 g/mol. The third kappa shape index (κ3) is 3.51. The summed E-state index contributed by atoms with van der Waals surface area (Å²) in [6, 6.07) is 3.95. The molecule has 0 amide bonds. The van der Waals surface area contributed by atoms with Crippen LogP contribution >= 0.6 is 0 Å². The molecule has 0 radical (unpaired) electrons. The van der Waals surface area contributed by atoms with Gasteiger partial charge in [-0.05, 0) is 24.9 Å². The number of rotatable bonds is 5. The van der Waals surface area contributed by atoms with Gasteiger partial charge in [-0.2, -0.15) is 0 Å². The lowest BCUT2D eigenvalue weighted by molar-refractivity contribution is 0.194. The van der Waals surface area contributed by atoms with Crippen LogP contribution in [0.25, 0.3) is 0 Å². The number of ether oxygens (including phenoxy) is 1. The van der Waals surface area contributed by atoms with Crippen molar-refractivity contribution >= 4 is 0 Å². The van der Waals surface area contributed by atoms with Gasteiger partial charge in [-0.1, -0.05) is 6.07 Å². The minimum atomic E-state index is -0.0720. The van der Waals surface area contributed by atoms with Crippen LogP contribution in [0.1, 0.15) is 36.0 Å². The summed E-state index contributed by atoms with van der Waals surface area (Å²) in [7, 11) is 3.55. The van der Waals surface area contributed by atoms with Crippen LogP contribution in [0, 0.1) is 0 Å². The van der Waals surface area contributed by atoms with Crippen LogP contribution in [0.15, 0.2) is 18.3 Å². The number of likely N-dealkylation sites (tertiary alicyclic amines) is 1. The van der Waals surface area contributed by atoms with Gasteiger partial charge in [0.1, 0.15) is 12.4 Å². The summed E-state index contributed by atoms with van der Waals surface area (Å²) in [5.41, 5.74) is 1.18. The zero-order valence-electron chi connectivity index (χ0n) is 13.6. The Labute approximate surface area is 135 Å². The van der Waals surface area contributed by atoms with E-state index in [9.17, 15) is 5.11 Å². The monoisotopic (exact) mass is 317 g/mol. The van der Waals surface area contributed by atoms with Gasteiger partial charge in [0.2, 0.25) is 5.88 Å². The number of piperidine rings is 1. The summed E-state index contributed by atoms with van der Waals surface area (Å²) < 4.78 is 7.02. The molecule has 3 heterocycles. The maximum absolute atomic E-state index is 9.27. The second kappa shape index (κ2) is 7.06. The third-order valence-corrected chi connectivity index (χ3v) is 4.42. The van der Waals surface area contributed by atoms with E-state index in [0.29, 0.717) is 17.6 Å². The number of hydrogen-bond donors (Lipinski definition) is 1. The van der Waals surface area contributed by atoms with Crippen molar-refractivity contribution in [3.05, 3.63) is 35.5 Å². The van der Waals surface area contributed by atoms with Crippen molar-refractivity contribution in [2.45, 2.75) is 31.9 Å². The molecule has 1 unspecified atom stereocenters. The van der Waals surface area contributed by atoms with E-state index < -0.39 is 0 Å². The first-order valence-corrected chi connectivity index (χ1v) is 7.91. The highest BCUT2D eigenvalue weighted by atomic mass is 16.5. The summed E-state index contributed by atoms with van der Waals surface area (Å²) in [4.78, 5) is 6.69. The average Bonchev–Trinajstić information content (AvgIpc) is 2.96. The zero-order valence-corrected chi connectivity index (χ0v) is 13.6. The fourth-order valence-electron chi connectivity index (χ4n) is 3.16. The Bertz CT molecular complexity index is 640. The van der Waals surface area contributed by atoms with E-state index in [2.05, 4.69) is 26.1 Å². The summed E-state index contributed by atoms with van der Waals surface area (Å²) in [6.07, 6.45) is 4.11. The number of hydrogen-bond acceptors (Lipinski definition) is 6. The molecule has 7 heteroatoms. The van der Waals surface area contributed by atoms with E-state index in [1.54, 1.807) is 7.11 Å². The van der Waals surface area contributed by atoms with E-state index in [-0.39, 0.29) is 6.61 Å². The second-order valence-electron chi connectivity index (χ2n) is 5.97. The lowest BCUT2D eigenvalue weighted by Crippen LogP contribution is -2.34. The minimum absolute atomic E-state index is 0.0720. The van der Waals surface area contributed by atoms with Crippen molar-refractivity contribution in [2.75, 3.05) is 20.2 Å². The summed E-state index contributed by atoms with van der Waals surface area (Å²) in [5.74, 6) is 2.58. The van der Waals surface area contributed by atoms with Gasteiger partial charge in [-0.15, -0.1) is 10.2 Å². The molecule has 2 aromatic heterocycles. The van der Waals surface area contributed by atoms with Crippen LogP contribution in [-0.4, -0.2) is 50.0 Å². The predicted octanol–water partition coefficient (Wildman–Crippen LogP) is 1.09. The Morgan fingerprint density at radius 1 is 1.35 bits per heavy atom. The topological polar surface area (TPSA) is 76.3 Å². The number of methoxy groups -OCH3 is 1. The van der Waals surface area contributed by atoms with Gasteiger partial charge in [0, 0.05) is 38.3 Å². The maximum Gasteiger partial charge on any atom is 0.212 e. The van der Waals surface area contributed by atoms with Crippen molar-refractivity contribution < 1.29 is 9.84 Å². The number of aliphatic hydroxyl groups excluding tert-OH is 1. The Morgan fingerprint density at radius 2 is 2.22 bits per heavy atom. The molecule has 3 rings (SSSR count). The Kier molecular flexibility index (Phi) is 4.88. The first kappa shape index (κ1) is 15.9. The van der Waals surface area contributed by atoms with Gasteiger partial charge in [-0.3, -0.25) is 4.90 Å². The molecule has 0 aliphatic carbocycles. The van der Waals surface area contributed by atoms with Crippen LogP contribution in [-0.2, 0) is 20.2 Å². The molecule has 1 aliphatic rings. The van der Waals surface area contributed by atoms with Gasteiger partial charge >= 0.3 is 0 Å². The molecule has 1 fully saturated rings. The molecule has 1 N–H and O–H groups in total. The van der Waals surface area contributed by atoms with Crippen molar-refractivity contribution in [3.63, 3.8) is 0 Å². The number of pyridine rings is 1. The van der Waals surface area contributed by atoms with Crippen molar-refractivity contribution in [2.24, 2.45) is 7.05 Å². The van der Waals surface area contributed by atoms with Crippen molar-refractivity contribution in [3.8, 4) is 5.88 Å². The van der Waals surface area contributed by atoms with E-state index >= 15 is 0 Å². The molecular weight excluding hydrogens is 294 g/mol. The molecule has 0 saturated carbocycles. The third-order valence-electron chi connectivity index (χ3n) is 4.42. The smallest absolute Gasteiger partial charge is 0.212 e. The molecule has 1 atom stereocenters. The molecule has 2 aromatic rings. The van der Waals surface area contributed by atoms with Crippen LogP contribution < -0.4 is 4.74 Å². The molecular formula is C16H23N5O2. The standard InChI is InChI=1S/C16H23N5O2/c1-20-14(11-22)18-19-16(20)13-4-3-7-21(10-13)9-12-5-6-15(23-2)17-8-12/h5-6,8,13,22H,3-4,7,9-11H2,1-2H3. The van der Waals surface area contributed by atoms with Crippen molar-refractivity contribution in [1.29, 1.82) is 0 Å². The largest absolute Gasteiger partial charge is 0.481 e. The Morgan fingerprint density at radius 3 is 2.87 bits per heavy atom. The van der Waals surface area contributed by atoms with E-state index in [4.69, 9.17) is 4.74 Å². The van der Waals surface area contributed by atoms with E-state index in [1.807, 2.05) is 23.9 Å². The minimum Gasteiger partial charge on any atom is -0.481 e. The predicted molar refractivity (Wildman–Crippen MR) is 85.0 cm³/mol. The van der Waals surface area contributed by atoms with Crippen LogP contribution in [0.5, 0.6) is 5.88 Å². The highest BCUT2D eigenvalue weighted by molar-refractivity contribution is 5.18. The molecule has 1 saturated heterocycles. The Balaban J connectivity index is 1.66. The van der Waals surface area contributed by atoms with Gasteiger partial charge in [0.25, 0.3) is 0 Å². The molecule has 124 valence electrons. The fourth-order valence-corrected chi connectivity index (χ4v) is 3.16. The lowest BCUT2D eigenvalue weighted by Gasteiger charge is -2.32. The molecule has 0 spiro atoms. The van der Waals surface area contributed by atoms with Crippen molar-refractivity contribution in [1.82, 2.24) is 24.6 Å². The normalized spacial score (nSPS) is 19.0. The molecule has 1 aliphatic heterocycles. The SMILES string of the molecule is COc1ccc(CN2CCCC(c3nnc(CO)n3C)C2)cn1. The second-order valence-corrected chi connectivity index (χ2v) is 5.97. The summed E-state index contributed by atoms with van der Waals surface area (Å²) in [6.45, 7) is 2.83. The van der Waals surface area contributed by atoms with Gasteiger partial charge < -0.3 is 14.4 Å². The number of aliphatic hydroxyl groups is 1. The van der Waals surface area contributed by atoms with Gasteiger partial charge in [0.15, 0.2) is 5.82 Å². The van der Waals surface area contributed by atoms with Gasteiger partial charge in [-0.25, -0.2) is 4.98 Å². The van der Waals surface area contributed by atoms with Crippen LogP contribution in [0.3, 0.4) is 0 Å². The number of nitrogens with zero attached hydrogens (tertiary/aromatic N) is 5. The first-order valence-electron chi connectivity index (χ1n) is 7.91. The molecule has 0 bridgehead atoms. The van der Waals surface area contributed by atoms with E-state index in [0.717, 1.165) is 38.3 Å². The highest BCUT2D eigenvalue weighted by Gasteiger charge is 2.25. The van der Waals surface area contributed by atoms with Crippen LogP contribution in [0.4, 0.5) is 0 Å². The summed E-state index contributed by atoms with van der Waals surface area (Å²) in [5, 5.41) is 17.6. The molecule has 7 nitrogen and oxygen atoms in total. The maximum atomic E-state index is 9.27. The molecule has 23 heavy (non-hydrogen) atoms. The lowest BCUT2D eigenvalue weighted by atomic mass is 9.97. The molecule has 0 aromatic carbocycles. The van der Waals surface area contributed by atoms with E-state index in [1.165, 1.54) is 5.56 Å². The van der Waals surface area contributed by atoms with Crippen LogP contribution in [0.2, 0.25) is 0 Å². The highest BCUT2D eigenvalue weighted by Crippen LogP contribution is 2.26. The number of aromatic nitrogens is 4. The summed E-state index contributed by atoms with van der Waals surface area (Å²) >= 11 is 0.